The second-order valence-corrected chi connectivity index (χ2v) is 3.40. The van der Waals surface area contributed by atoms with Gasteiger partial charge in [0.1, 0.15) is 0 Å². The average Bonchev–Trinajstić information content (AvgIpc) is 2.00. The van der Waals surface area contributed by atoms with Crippen LogP contribution in [0.5, 0.6) is 0 Å². The van der Waals surface area contributed by atoms with Crippen molar-refractivity contribution in [2.24, 2.45) is 0 Å². The fourth-order valence-electron chi connectivity index (χ4n) is 1.01. The van der Waals surface area contributed by atoms with Crippen LogP contribution in [-0.4, -0.2) is 13.1 Å². The summed E-state index contributed by atoms with van der Waals surface area (Å²) in [5, 5.41) is 0. The number of hydrogen-bond acceptors (Lipinski definition) is 1. The summed E-state index contributed by atoms with van der Waals surface area (Å²) >= 11 is 1.89. The highest BCUT2D eigenvalue weighted by Crippen LogP contribution is 2.13. The molecule has 0 aliphatic carbocycles. The molecule has 0 spiro atoms. The number of rotatable bonds is 0. The van der Waals surface area contributed by atoms with Crippen molar-refractivity contribution in [3.63, 3.8) is 0 Å². The van der Waals surface area contributed by atoms with Crippen LogP contribution >= 0.6 is 11.5 Å². The van der Waals surface area contributed by atoms with Crippen LogP contribution in [-0.2, 0) is 0 Å². The van der Waals surface area contributed by atoms with Crippen molar-refractivity contribution in [1.82, 2.24) is 0 Å². The molecular weight excluding hydrogens is 126 g/mol. The Balaban J connectivity index is 2.02. The van der Waals surface area contributed by atoms with Gasteiger partial charge in [-0.1, -0.05) is 38.3 Å². The Hall–Kier alpha value is 0.480. The van der Waals surface area contributed by atoms with E-state index in [2.05, 4.69) is 13.1 Å². The third kappa shape index (κ3) is 3.96. The molecule has 1 aliphatic rings. The standard InChI is InChI=1S/C6H12B2S/c1-2-4-6-8-9-7-5-3-1/h1-6H2. The predicted molar refractivity (Wildman–Crippen MR) is 47.2 cm³/mol. The maximum absolute atomic E-state index is 2.32. The van der Waals surface area contributed by atoms with E-state index >= 15 is 0 Å². The molecule has 0 aromatic heterocycles. The van der Waals surface area contributed by atoms with Crippen LogP contribution < -0.4 is 0 Å². The van der Waals surface area contributed by atoms with Gasteiger partial charge in [-0.2, -0.15) is 0 Å². The molecule has 1 heterocycles. The van der Waals surface area contributed by atoms with E-state index in [4.69, 9.17) is 0 Å². The third-order valence-electron chi connectivity index (χ3n) is 1.59. The topological polar surface area (TPSA) is 0 Å². The van der Waals surface area contributed by atoms with Gasteiger partial charge in [0.25, 0.3) is 0 Å². The lowest BCUT2D eigenvalue weighted by molar-refractivity contribution is 0.701. The van der Waals surface area contributed by atoms with Crippen molar-refractivity contribution in [2.45, 2.75) is 38.3 Å². The van der Waals surface area contributed by atoms with Crippen molar-refractivity contribution in [2.75, 3.05) is 0 Å². The molecule has 0 aromatic carbocycles. The van der Waals surface area contributed by atoms with Gasteiger partial charge in [-0.3, -0.25) is 11.5 Å². The highest BCUT2D eigenvalue weighted by atomic mass is 32.2. The lowest BCUT2D eigenvalue weighted by atomic mass is 9.95. The smallest absolute Gasteiger partial charge is 0.176 e. The molecule has 0 aromatic rings. The molecule has 48 valence electrons. The third-order valence-corrected chi connectivity index (χ3v) is 2.44. The molecule has 0 bridgehead atoms. The highest BCUT2D eigenvalue weighted by molar-refractivity contribution is 8.40. The Kier molecular flexibility index (Phi) is 4.45. The van der Waals surface area contributed by atoms with E-state index in [9.17, 15) is 0 Å². The largest absolute Gasteiger partial charge is 0.268 e. The maximum atomic E-state index is 2.32. The molecule has 1 aliphatic heterocycles. The molecule has 0 saturated carbocycles. The second kappa shape index (κ2) is 5.28. The molecule has 0 atom stereocenters. The zero-order chi connectivity index (χ0) is 6.36. The molecule has 1 saturated heterocycles. The van der Waals surface area contributed by atoms with Gasteiger partial charge in [-0.25, -0.2) is 0 Å². The van der Waals surface area contributed by atoms with Crippen LogP contribution in [0.25, 0.3) is 0 Å². The van der Waals surface area contributed by atoms with Gasteiger partial charge in [0.2, 0.25) is 0 Å². The first kappa shape index (κ1) is 7.59. The monoisotopic (exact) mass is 138 g/mol. The maximum Gasteiger partial charge on any atom is 0.176 e. The minimum atomic E-state index is 1.31. The minimum absolute atomic E-state index is 1.31. The predicted octanol–water partition coefficient (Wildman–Crippen LogP) is 2.37. The van der Waals surface area contributed by atoms with Crippen molar-refractivity contribution in [3.8, 4) is 0 Å². The van der Waals surface area contributed by atoms with E-state index in [1.54, 1.807) is 0 Å². The van der Waals surface area contributed by atoms with Crippen LogP contribution in [0.1, 0.15) is 25.7 Å². The summed E-state index contributed by atoms with van der Waals surface area (Å²) in [6, 6.07) is 0. The first-order valence-electron chi connectivity index (χ1n) is 3.79. The normalized spacial score (nSPS) is 22.2. The molecule has 0 amide bonds. The summed E-state index contributed by atoms with van der Waals surface area (Å²) in [5.74, 6) is 0. The quantitative estimate of drug-likeness (QED) is 0.463. The average molecular weight is 138 g/mol. The van der Waals surface area contributed by atoms with E-state index in [-0.39, 0.29) is 0 Å². The molecule has 0 unspecified atom stereocenters. The van der Waals surface area contributed by atoms with Crippen molar-refractivity contribution in [1.29, 1.82) is 0 Å². The minimum Gasteiger partial charge on any atom is -0.268 e. The van der Waals surface area contributed by atoms with Gasteiger partial charge in [0.05, 0.1) is 0 Å². The van der Waals surface area contributed by atoms with E-state index in [1.165, 1.54) is 38.3 Å². The van der Waals surface area contributed by atoms with Crippen molar-refractivity contribution in [3.05, 3.63) is 0 Å². The summed E-state index contributed by atoms with van der Waals surface area (Å²) in [6.45, 7) is 4.65. The lowest BCUT2D eigenvalue weighted by Crippen LogP contribution is -1.86. The van der Waals surface area contributed by atoms with Crippen LogP contribution in [0.4, 0.5) is 0 Å². The summed E-state index contributed by atoms with van der Waals surface area (Å²) in [4.78, 5) is 0. The Bertz CT molecular complexity index is 39.5. The van der Waals surface area contributed by atoms with E-state index in [1.807, 2.05) is 11.5 Å². The molecule has 2 radical (unpaired) electrons. The van der Waals surface area contributed by atoms with Gasteiger partial charge in [-0.05, 0) is 0 Å². The van der Waals surface area contributed by atoms with Crippen LogP contribution in [0.2, 0.25) is 12.6 Å². The van der Waals surface area contributed by atoms with Gasteiger partial charge in [0, 0.05) is 0 Å². The van der Waals surface area contributed by atoms with Crippen LogP contribution in [0.3, 0.4) is 0 Å². The summed E-state index contributed by atoms with van der Waals surface area (Å²) in [7, 11) is 0. The van der Waals surface area contributed by atoms with E-state index in [0.717, 1.165) is 0 Å². The van der Waals surface area contributed by atoms with Gasteiger partial charge in [0.15, 0.2) is 13.1 Å². The summed E-state index contributed by atoms with van der Waals surface area (Å²) < 4.78 is 0. The fourth-order valence-corrected chi connectivity index (χ4v) is 1.75. The second-order valence-electron chi connectivity index (χ2n) is 2.46. The van der Waals surface area contributed by atoms with E-state index < -0.39 is 0 Å². The zero-order valence-corrected chi connectivity index (χ0v) is 6.62. The van der Waals surface area contributed by atoms with Crippen LogP contribution in [0.15, 0.2) is 0 Å². The fraction of sp³-hybridized carbons (Fsp3) is 1.00. The van der Waals surface area contributed by atoms with Gasteiger partial charge in [-0.15, -0.1) is 0 Å². The molecule has 1 fully saturated rings. The van der Waals surface area contributed by atoms with E-state index in [0.29, 0.717) is 0 Å². The SMILES string of the molecule is [B]1CCCCCC[B]S1. The van der Waals surface area contributed by atoms with Gasteiger partial charge >= 0.3 is 0 Å². The molecule has 9 heavy (non-hydrogen) atoms. The van der Waals surface area contributed by atoms with Crippen LogP contribution in [0, 0.1) is 0 Å². The molecule has 1 rings (SSSR count). The summed E-state index contributed by atoms with van der Waals surface area (Å²) in [6.07, 6.45) is 8.29. The molecule has 0 nitrogen and oxygen atoms in total. The molecule has 3 heteroatoms. The van der Waals surface area contributed by atoms with Gasteiger partial charge < -0.3 is 0 Å². The lowest BCUT2D eigenvalue weighted by Gasteiger charge is -1.93. The Morgan fingerprint density at radius 1 is 0.778 bits per heavy atom. The molecular formula is C6H12B2S. The zero-order valence-electron chi connectivity index (χ0n) is 5.81. The Morgan fingerprint density at radius 3 is 1.89 bits per heavy atom. The Labute approximate surface area is 63.5 Å². The highest BCUT2D eigenvalue weighted by Gasteiger charge is 1.98. The Morgan fingerprint density at radius 2 is 1.33 bits per heavy atom. The first-order valence-corrected chi connectivity index (χ1v) is 4.73. The number of hydrogen-bond donors (Lipinski definition) is 0. The summed E-state index contributed by atoms with van der Waals surface area (Å²) in [5.41, 5.74) is 0. The first-order chi connectivity index (χ1) is 4.50. The van der Waals surface area contributed by atoms with Crippen molar-refractivity contribution < 1.29 is 0 Å². The molecule has 0 N–H and O–H groups in total. The van der Waals surface area contributed by atoms with Crippen molar-refractivity contribution >= 4 is 24.6 Å².